The summed E-state index contributed by atoms with van der Waals surface area (Å²) in [6.07, 6.45) is 1.36. The zero-order chi connectivity index (χ0) is 15.4. The number of non-ortho nitro benzene ring substituents is 1. The molecule has 7 heteroatoms. The van der Waals surface area contributed by atoms with Crippen LogP contribution in [-0.2, 0) is 20.9 Å². The first-order valence-electron chi connectivity index (χ1n) is 6.42. The third kappa shape index (κ3) is 3.44. The van der Waals surface area contributed by atoms with Crippen LogP contribution in [0.5, 0.6) is 0 Å². The smallest absolute Gasteiger partial charge is 0.313 e. The molecule has 0 aliphatic heterocycles. The number of rotatable bonds is 6. The predicted octanol–water partition coefficient (Wildman–Crippen LogP) is 2.07. The number of hydrogen-bond acceptors (Lipinski definition) is 5. The fourth-order valence-electron chi connectivity index (χ4n) is 2.04. The van der Waals surface area contributed by atoms with Crippen LogP contribution in [0.4, 0.5) is 5.69 Å². The van der Waals surface area contributed by atoms with Gasteiger partial charge in [-0.05, 0) is 19.1 Å². The summed E-state index contributed by atoms with van der Waals surface area (Å²) in [7, 11) is 0. The van der Waals surface area contributed by atoms with E-state index in [9.17, 15) is 19.7 Å². The normalized spacial score (nSPS) is 10.5. The molecule has 0 saturated carbocycles. The Labute approximate surface area is 120 Å². The first-order valence-corrected chi connectivity index (χ1v) is 6.42. The SMILES string of the molecule is CCOC(=O)CC(=O)Cn1ccc2ccc([N+](=O)[O-])cc21. The van der Waals surface area contributed by atoms with Gasteiger partial charge in [-0.25, -0.2) is 0 Å². The van der Waals surface area contributed by atoms with Gasteiger partial charge in [-0.2, -0.15) is 0 Å². The summed E-state index contributed by atoms with van der Waals surface area (Å²) in [6, 6.07) is 6.20. The van der Waals surface area contributed by atoms with Crippen LogP contribution in [0, 0.1) is 10.1 Å². The van der Waals surface area contributed by atoms with Crippen molar-refractivity contribution in [1.82, 2.24) is 4.57 Å². The van der Waals surface area contributed by atoms with Crippen molar-refractivity contribution in [2.75, 3.05) is 6.61 Å². The van der Waals surface area contributed by atoms with Crippen molar-refractivity contribution in [3.05, 3.63) is 40.6 Å². The van der Waals surface area contributed by atoms with E-state index in [2.05, 4.69) is 0 Å². The molecule has 7 nitrogen and oxygen atoms in total. The number of aromatic nitrogens is 1. The van der Waals surface area contributed by atoms with E-state index in [0.717, 1.165) is 5.39 Å². The highest BCUT2D eigenvalue weighted by molar-refractivity contribution is 5.96. The van der Waals surface area contributed by atoms with Crippen LogP contribution in [0.15, 0.2) is 30.5 Å². The summed E-state index contributed by atoms with van der Waals surface area (Å²) < 4.78 is 6.30. The summed E-state index contributed by atoms with van der Waals surface area (Å²) in [5, 5.41) is 11.6. The van der Waals surface area contributed by atoms with Crippen molar-refractivity contribution < 1.29 is 19.2 Å². The lowest BCUT2D eigenvalue weighted by molar-refractivity contribution is -0.384. The molecule has 0 aliphatic rings. The largest absolute Gasteiger partial charge is 0.466 e. The lowest BCUT2D eigenvalue weighted by Gasteiger charge is -2.05. The number of ketones is 1. The number of esters is 1. The van der Waals surface area contributed by atoms with Crippen molar-refractivity contribution in [2.24, 2.45) is 0 Å². The molecular formula is C14H14N2O5. The standard InChI is InChI=1S/C14H14N2O5/c1-2-21-14(18)8-12(17)9-15-6-5-10-3-4-11(16(19)20)7-13(10)15/h3-7H,2,8-9H2,1H3. The number of nitro benzene ring substituents is 1. The second kappa shape index (κ2) is 6.17. The molecule has 0 N–H and O–H groups in total. The maximum absolute atomic E-state index is 11.8. The van der Waals surface area contributed by atoms with Crippen molar-refractivity contribution >= 4 is 28.3 Å². The minimum Gasteiger partial charge on any atom is -0.466 e. The summed E-state index contributed by atoms with van der Waals surface area (Å²) in [5.41, 5.74) is 0.543. The molecule has 110 valence electrons. The summed E-state index contributed by atoms with van der Waals surface area (Å²) >= 11 is 0. The van der Waals surface area contributed by atoms with E-state index >= 15 is 0 Å². The van der Waals surface area contributed by atoms with Gasteiger partial charge < -0.3 is 9.30 Å². The van der Waals surface area contributed by atoms with Gasteiger partial charge in [0, 0.05) is 23.7 Å². The van der Waals surface area contributed by atoms with Gasteiger partial charge in [0.15, 0.2) is 5.78 Å². The zero-order valence-corrected chi connectivity index (χ0v) is 11.4. The number of carbonyl (C=O) groups is 2. The number of nitro groups is 1. The van der Waals surface area contributed by atoms with Crippen LogP contribution in [0.1, 0.15) is 13.3 Å². The fourth-order valence-corrected chi connectivity index (χ4v) is 2.04. The van der Waals surface area contributed by atoms with Gasteiger partial charge in [0.2, 0.25) is 0 Å². The molecule has 0 aliphatic carbocycles. The lowest BCUT2D eigenvalue weighted by atomic mass is 10.2. The Hall–Kier alpha value is -2.70. The molecule has 2 aromatic rings. The van der Waals surface area contributed by atoms with Gasteiger partial charge in [0.1, 0.15) is 6.42 Å². The molecular weight excluding hydrogens is 276 g/mol. The Morgan fingerprint density at radius 1 is 1.33 bits per heavy atom. The number of fused-ring (bicyclic) bond motifs is 1. The van der Waals surface area contributed by atoms with Crippen LogP contribution in [-0.4, -0.2) is 27.8 Å². The molecule has 0 fully saturated rings. The predicted molar refractivity (Wildman–Crippen MR) is 74.8 cm³/mol. The van der Waals surface area contributed by atoms with E-state index in [4.69, 9.17) is 4.74 Å². The van der Waals surface area contributed by atoms with E-state index < -0.39 is 10.9 Å². The Balaban J connectivity index is 2.18. The lowest BCUT2D eigenvalue weighted by Crippen LogP contribution is -2.15. The molecule has 0 unspecified atom stereocenters. The number of carbonyl (C=O) groups excluding carboxylic acids is 2. The molecule has 2 rings (SSSR count). The Morgan fingerprint density at radius 2 is 2.10 bits per heavy atom. The first kappa shape index (κ1) is 14.7. The molecule has 1 heterocycles. The molecule has 0 amide bonds. The van der Waals surface area contributed by atoms with Gasteiger partial charge in [-0.15, -0.1) is 0 Å². The van der Waals surface area contributed by atoms with Crippen LogP contribution >= 0.6 is 0 Å². The maximum atomic E-state index is 11.8. The van der Waals surface area contributed by atoms with Gasteiger partial charge in [-0.1, -0.05) is 0 Å². The number of benzene rings is 1. The van der Waals surface area contributed by atoms with Gasteiger partial charge in [0.05, 0.1) is 23.6 Å². The highest BCUT2D eigenvalue weighted by atomic mass is 16.6. The van der Waals surface area contributed by atoms with E-state index in [0.29, 0.717) is 5.52 Å². The van der Waals surface area contributed by atoms with Gasteiger partial charge in [-0.3, -0.25) is 19.7 Å². The third-order valence-corrected chi connectivity index (χ3v) is 2.96. The molecule has 1 aromatic heterocycles. The fraction of sp³-hybridized carbons (Fsp3) is 0.286. The number of nitrogens with zero attached hydrogens (tertiary/aromatic N) is 2. The molecule has 0 saturated heterocycles. The van der Waals surface area contributed by atoms with Crippen LogP contribution in [0.3, 0.4) is 0 Å². The van der Waals surface area contributed by atoms with Crippen LogP contribution in [0.25, 0.3) is 10.9 Å². The third-order valence-electron chi connectivity index (χ3n) is 2.96. The number of hydrogen-bond donors (Lipinski definition) is 0. The summed E-state index contributed by atoms with van der Waals surface area (Å²) in [5.74, 6) is -0.873. The number of Topliss-reactive ketones (excluding diaryl/α,β-unsaturated/α-hetero) is 1. The average Bonchev–Trinajstić information content (AvgIpc) is 2.81. The minimum atomic E-state index is -0.565. The summed E-state index contributed by atoms with van der Waals surface area (Å²) in [6.45, 7) is 1.87. The van der Waals surface area contributed by atoms with E-state index in [-0.39, 0.29) is 31.0 Å². The van der Waals surface area contributed by atoms with Crippen molar-refractivity contribution in [1.29, 1.82) is 0 Å². The Kier molecular flexibility index (Phi) is 4.32. The Morgan fingerprint density at radius 3 is 2.76 bits per heavy atom. The van der Waals surface area contributed by atoms with Crippen molar-refractivity contribution in [2.45, 2.75) is 19.9 Å². The maximum Gasteiger partial charge on any atom is 0.313 e. The monoisotopic (exact) mass is 290 g/mol. The molecule has 1 aromatic carbocycles. The first-order chi connectivity index (χ1) is 10.0. The topological polar surface area (TPSA) is 91.4 Å². The second-order valence-electron chi connectivity index (χ2n) is 4.46. The summed E-state index contributed by atoms with van der Waals surface area (Å²) in [4.78, 5) is 33.3. The molecule has 0 spiro atoms. The van der Waals surface area contributed by atoms with Gasteiger partial charge >= 0.3 is 5.97 Å². The highest BCUT2D eigenvalue weighted by Gasteiger charge is 2.14. The van der Waals surface area contributed by atoms with E-state index in [1.54, 1.807) is 29.8 Å². The Bertz CT molecular complexity index is 704. The molecule has 0 bridgehead atoms. The molecule has 0 atom stereocenters. The molecule has 21 heavy (non-hydrogen) atoms. The van der Waals surface area contributed by atoms with Crippen LogP contribution in [0.2, 0.25) is 0 Å². The second-order valence-corrected chi connectivity index (χ2v) is 4.46. The van der Waals surface area contributed by atoms with E-state index in [1.165, 1.54) is 12.1 Å². The van der Waals surface area contributed by atoms with Crippen LogP contribution < -0.4 is 0 Å². The van der Waals surface area contributed by atoms with E-state index in [1.807, 2.05) is 0 Å². The molecule has 0 radical (unpaired) electrons. The zero-order valence-electron chi connectivity index (χ0n) is 11.4. The quantitative estimate of drug-likeness (QED) is 0.351. The van der Waals surface area contributed by atoms with Crippen molar-refractivity contribution in [3.8, 4) is 0 Å². The number of ether oxygens (including phenoxy) is 1. The average molecular weight is 290 g/mol. The highest BCUT2D eigenvalue weighted by Crippen LogP contribution is 2.22. The van der Waals surface area contributed by atoms with Crippen molar-refractivity contribution in [3.63, 3.8) is 0 Å². The van der Waals surface area contributed by atoms with Gasteiger partial charge in [0.25, 0.3) is 5.69 Å². The minimum absolute atomic E-state index is 0.0243.